The summed E-state index contributed by atoms with van der Waals surface area (Å²) in [5, 5.41) is 14.6. The fourth-order valence-corrected chi connectivity index (χ4v) is 3.67. The summed E-state index contributed by atoms with van der Waals surface area (Å²) < 4.78 is 2.02. The van der Waals surface area contributed by atoms with Crippen molar-refractivity contribution >= 4 is 5.91 Å². The lowest BCUT2D eigenvalue weighted by atomic mass is 9.92. The zero-order valence-electron chi connectivity index (χ0n) is 14.2. The fraction of sp³-hybridized carbons (Fsp3) is 0.500. The maximum absolute atomic E-state index is 12.6. The van der Waals surface area contributed by atoms with Crippen LogP contribution in [0.15, 0.2) is 24.3 Å². The maximum atomic E-state index is 12.6. The van der Waals surface area contributed by atoms with E-state index in [1.807, 2.05) is 11.5 Å². The molecule has 1 aliphatic carbocycles. The molecule has 0 saturated heterocycles. The molecule has 1 unspecified atom stereocenters. The van der Waals surface area contributed by atoms with Crippen LogP contribution in [0, 0.1) is 13.8 Å². The number of aromatic nitrogens is 3. The highest BCUT2D eigenvalue weighted by atomic mass is 16.2. The molecule has 1 aliphatic heterocycles. The van der Waals surface area contributed by atoms with Crippen LogP contribution in [-0.4, -0.2) is 33.3 Å². The first kappa shape index (κ1) is 15.3. The highest BCUT2D eigenvalue weighted by Gasteiger charge is 2.45. The van der Waals surface area contributed by atoms with Crippen LogP contribution in [0.4, 0.5) is 0 Å². The summed E-state index contributed by atoms with van der Waals surface area (Å²) in [7, 11) is 0. The van der Waals surface area contributed by atoms with Gasteiger partial charge in [0.05, 0.1) is 6.54 Å². The van der Waals surface area contributed by atoms with Crippen molar-refractivity contribution in [1.29, 1.82) is 0 Å². The number of hydrogen-bond donors (Lipinski definition) is 2. The average Bonchev–Trinajstić information content (AvgIpc) is 3.30. The molecule has 2 N–H and O–H groups in total. The lowest BCUT2D eigenvalue weighted by Gasteiger charge is -2.26. The SMILES string of the molecule is Cc1ccccc1C1(CNC(=O)C2Cn3c(C)nnc3CN2)CC1. The van der Waals surface area contributed by atoms with Gasteiger partial charge in [0, 0.05) is 18.5 Å². The summed E-state index contributed by atoms with van der Waals surface area (Å²) in [5.41, 5.74) is 2.82. The second kappa shape index (κ2) is 5.70. The quantitative estimate of drug-likeness (QED) is 0.886. The van der Waals surface area contributed by atoms with E-state index >= 15 is 0 Å². The first-order chi connectivity index (χ1) is 11.6. The van der Waals surface area contributed by atoms with Crippen molar-refractivity contribution in [2.45, 2.75) is 51.2 Å². The normalized spacial score (nSPS) is 21.2. The van der Waals surface area contributed by atoms with Gasteiger partial charge in [-0.1, -0.05) is 24.3 Å². The van der Waals surface area contributed by atoms with Crippen molar-refractivity contribution in [3.05, 3.63) is 47.0 Å². The van der Waals surface area contributed by atoms with Gasteiger partial charge in [-0.15, -0.1) is 10.2 Å². The van der Waals surface area contributed by atoms with Gasteiger partial charge in [-0.3, -0.25) is 10.1 Å². The molecule has 1 aromatic heterocycles. The predicted molar refractivity (Wildman–Crippen MR) is 90.5 cm³/mol. The van der Waals surface area contributed by atoms with Gasteiger partial charge in [0.15, 0.2) is 0 Å². The summed E-state index contributed by atoms with van der Waals surface area (Å²) in [6.45, 7) is 5.96. The molecule has 1 aromatic carbocycles. The molecule has 1 amide bonds. The molecule has 24 heavy (non-hydrogen) atoms. The Morgan fingerprint density at radius 1 is 1.33 bits per heavy atom. The second-order valence-corrected chi connectivity index (χ2v) is 7.02. The Bertz CT molecular complexity index is 777. The number of carbonyl (C=O) groups is 1. The van der Waals surface area contributed by atoms with E-state index in [4.69, 9.17) is 0 Å². The zero-order valence-corrected chi connectivity index (χ0v) is 14.2. The highest BCUT2D eigenvalue weighted by molar-refractivity contribution is 5.82. The van der Waals surface area contributed by atoms with Gasteiger partial charge in [-0.2, -0.15) is 0 Å². The van der Waals surface area contributed by atoms with Gasteiger partial charge >= 0.3 is 0 Å². The summed E-state index contributed by atoms with van der Waals surface area (Å²) in [4.78, 5) is 12.6. The van der Waals surface area contributed by atoms with Gasteiger partial charge in [0.1, 0.15) is 17.7 Å². The molecule has 2 aliphatic rings. The minimum Gasteiger partial charge on any atom is -0.354 e. The molecule has 1 saturated carbocycles. The molecule has 0 spiro atoms. The summed E-state index contributed by atoms with van der Waals surface area (Å²) in [6.07, 6.45) is 2.29. The minimum absolute atomic E-state index is 0.0635. The molecular weight excluding hydrogens is 302 g/mol. The van der Waals surface area contributed by atoms with E-state index in [1.54, 1.807) is 0 Å². The summed E-state index contributed by atoms with van der Waals surface area (Å²) in [6, 6.07) is 8.28. The van der Waals surface area contributed by atoms with Gasteiger partial charge in [0.25, 0.3) is 0 Å². The summed E-state index contributed by atoms with van der Waals surface area (Å²) >= 11 is 0. The second-order valence-electron chi connectivity index (χ2n) is 7.02. The smallest absolute Gasteiger partial charge is 0.239 e. The van der Waals surface area contributed by atoms with Crippen molar-refractivity contribution in [1.82, 2.24) is 25.4 Å². The molecule has 2 aromatic rings. The monoisotopic (exact) mass is 325 g/mol. The van der Waals surface area contributed by atoms with Gasteiger partial charge < -0.3 is 9.88 Å². The van der Waals surface area contributed by atoms with Crippen LogP contribution in [0.1, 0.15) is 35.6 Å². The Labute approximate surface area is 141 Å². The third-order valence-corrected chi connectivity index (χ3v) is 5.37. The molecule has 2 heterocycles. The summed E-state index contributed by atoms with van der Waals surface area (Å²) in [5.74, 6) is 1.83. The van der Waals surface area contributed by atoms with Crippen LogP contribution in [0.25, 0.3) is 0 Å². The van der Waals surface area contributed by atoms with Crippen molar-refractivity contribution in [2.24, 2.45) is 0 Å². The van der Waals surface area contributed by atoms with Gasteiger partial charge in [-0.25, -0.2) is 0 Å². The van der Waals surface area contributed by atoms with Crippen molar-refractivity contribution in [2.75, 3.05) is 6.54 Å². The third kappa shape index (κ3) is 2.60. The number of nitrogens with one attached hydrogen (secondary N) is 2. The van der Waals surface area contributed by atoms with Crippen molar-refractivity contribution in [3.63, 3.8) is 0 Å². The van der Waals surface area contributed by atoms with E-state index in [0.717, 1.165) is 24.5 Å². The molecule has 6 nitrogen and oxygen atoms in total. The Morgan fingerprint density at radius 3 is 2.88 bits per heavy atom. The molecule has 0 bridgehead atoms. The van der Waals surface area contributed by atoms with Crippen LogP contribution >= 0.6 is 0 Å². The topological polar surface area (TPSA) is 71.8 Å². The Morgan fingerprint density at radius 2 is 2.12 bits per heavy atom. The lowest BCUT2D eigenvalue weighted by Crippen LogP contribution is -2.51. The van der Waals surface area contributed by atoms with Crippen LogP contribution in [0.3, 0.4) is 0 Å². The number of amides is 1. The largest absolute Gasteiger partial charge is 0.354 e. The number of benzene rings is 1. The molecular formula is C18H23N5O. The third-order valence-electron chi connectivity index (χ3n) is 5.37. The molecule has 6 heteroatoms. The molecule has 126 valence electrons. The van der Waals surface area contributed by atoms with Gasteiger partial charge in [0.2, 0.25) is 5.91 Å². The van der Waals surface area contributed by atoms with Crippen LogP contribution in [0.5, 0.6) is 0 Å². The Hall–Kier alpha value is -2.21. The predicted octanol–water partition coefficient (Wildman–Crippen LogP) is 1.21. The number of aryl methyl sites for hydroxylation is 2. The average molecular weight is 325 g/mol. The van der Waals surface area contributed by atoms with E-state index in [0.29, 0.717) is 19.6 Å². The van der Waals surface area contributed by atoms with Crippen LogP contribution in [0.2, 0.25) is 0 Å². The molecule has 4 rings (SSSR count). The number of hydrogen-bond acceptors (Lipinski definition) is 4. The highest BCUT2D eigenvalue weighted by Crippen LogP contribution is 2.48. The van der Waals surface area contributed by atoms with E-state index in [2.05, 4.69) is 52.0 Å². The van der Waals surface area contributed by atoms with Crippen LogP contribution in [-0.2, 0) is 23.3 Å². The van der Waals surface area contributed by atoms with E-state index < -0.39 is 0 Å². The molecule has 1 atom stereocenters. The molecule has 0 radical (unpaired) electrons. The van der Waals surface area contributed by atoms with Gasteiger partial charge in [-0.05, 0) is 37.8 Å². The Balaban J connectivity index is 1.41. The van der Waals surface area contributed by atoms with Crippen molar-refractivity contribution in [3.8, 4) is 0 Å². The van der Waals surface area contributed by atoms with Crippen LogP contribution < -0.4 is 10.6 Å². The van der Waals surface area contributed by atoms with E-state index in [1.165, 1.54) is 11.1 Å². The van der Waals surface area contributed by atoms with E-state index in [9.17, 15) is 4.79 Å². The number of fused-ring (bicyclic) bond motifs is 1. The first-order valence-electron chi connectivity index (χ1n) is 8.55. The molecule has 1 fully saturated rings. The van der Waals surface area contributed by atoms with Crippen molar-refractivity contribution < 1.29 is 4.79 Å². The Kier molecular flexibility index (Phi) is 3.64. The van der Waals surface area contributed by atoms with E-state index in [-0.39, 0.29) is 17.4 Å². The standard InChI is InChI=1S/C18H23N5O/c1-12-5-3-4-6-14(12)18(7-8-18)11-20-17(24)15-10-23-13(2)21-22-16(23)9-19-15/h3-6,15,19H,7-11H2,1-2H3,(H,20,24). The zero-order chi connectivity index (χ0) is 16.7. The fourth-order valence-electron chi connectivity index (χ4n) is 3.67. The number of carbonyl (C=O) groups excluding carboxylic acids is 1. The maximum Gasteiger partial charge on any atom is 0.239 e. The lowest BCUT2D eigenvalue weighted by molar-refractivity contribution is -0.123. The number of rotatable bonds is 4. The number of nitrogens with zero attached hydrogens (tertiary/aromatic N) is 3. The first-order valence-corrected chi connectivity index (χ1v) is 8.55. The minimum atomic E-state index is -0.222.